The number of hydrogen-bond acceptors (Lipinski definition) is 3. The van der Waals surface area contributed by atoms with Crippen molar-refractivity contribution in [2.45, 2.75) is 13.0 Å². The van der Waals surface area contributed by atoms with Gasteiger partial charge in [-0.1, -0.05) is 24.3 Å². The molecule has 0 amide bonds. The maximum Gasteiger partial charge on any atom is 0.126 e. The molecule has 2 aromatic carbocycles. The van der Waals surface area contributed by atoms with Crippen molar-refractivity contribution in [3.63, 3.8) is 0 Å². The van der Waals surface area contributed by atoms with Crippen LogP contribution in [0.3, 0.4) is 0 Å². The van der Waals surface area contributed by atoms with E-state index in [2.05, 4.69) is 9.97 Å². The maximum atomic E-state index is 13.4. The van der Waals surface area contributed by atoms with Gasteiger partial charge in [0.25, 0.3) is 0 Å². The minimum atomic E-state index is -0.352. The van der Waals surface area contributed by atoms with E-state index in [-0.39, 0.29) is 11.9 Å². The first-order chi connectivity index (χ1) is 9.66. The molecule has 0 radical (unpaired) electrons. The van der Waals surface area contributed by atoms with Gasteiger partial charge in [-0.3, -0.25) is 9.97 Å². The average Bonchev–Trinajstić information content (AvgIpc) is 2.49. The molecule has 0 saturated carbocycles. The van der Waals surface area contributed by atoms with Gasteiger partial charge in [-0.05, 0) is 30.2 Å². The fourth-order valence-corrected chi connectivity index (χ4v) is 2.31. The highest BCUT2D eigenvalue weighted by molar-refractivity contribution is 5.78. The molecule has 0 spiro atoms. The average molecular weight is 267 g/mol. The Morgan fingerprint density at radius 3 is 2.70 bits per heavy atom. The zero-order chi connectivity index (χ0) is 14.1. The highest BCUT2D eigenvalue weighted by Crippen LogP contribution is 2.26. The Labute approximate surface area is 116 Å². The van der Waals surface area contributed by atoms with E-state index >= 15 is 0 Å². The Kier molecular flexibility index (Phi) is 3.16. The fraction of sp³-hybridized carbons (Fsp3) is 0.125. The van der Waals surface area contributed by atoms with Crippen molar-refractivity contribution in [3.05, 3.63) is 71.3 Å². The third-order valence-electron chi connectivity index (χ3n) is 3.41. The number of hydrogen-bond donors (Lipinski definition) is 1. The monoisotopic (exact) mass is 267 g/mol. The van der Waals surface area contributed by atoms with Crippen LogP contribution in [0.4, 0.5) is 4.39 Å². The summed E-state index contributed by atoms with van der Waals surface area (Å²) < 4.78 is 13.4. The van der Waals surface area contributed by atoms with Crippen LogP contribution in [-0.2, 0) is 0 Å². The Bertz CT molecular complexity index is 765. The van der Waals surface area contributed by atoms with Gasteiger partial charge in [-0.2, -0.15) is 0 Å². The third kappa shape index (κ3) is 2.14. The molecule has 1 heterocycles. The first kappa shape index (κ1) is 12.7. The van der Waals surface area contributed by atoms with Gasteiger partial charge in [0.1, 0.15) is 5.82 Å². The number of fused-ring (bicyclic) bond motifs is 1. The summed E-state index contributed by atoms with van der Waals surface area (Å²) in [5, 5.41) is 0. The molecule has 4 heteroatoms. The predicted octanol–water partition coefficient (Wildman–Crippen LogP) is 3.13. The van der Waals surface area contributed by atoms with Gasteiger partial charge in [0, 0.05) is 18.0 Å². The lowest BCUT2D eigenvalue weighted by Crippen LogP contribution is -2.13. The van der Waals surface area contributed by atoms with Gasteiger partial charge in [0.15, 0.2) is 0 Å². The van der Waals surface area contributed by atoms with Crippen LogP contribution in [-0.4, -0.2) is 9.97 Å². The highest BCUT2D eigenvalue weighted by Gasteiger charge is 2.14. The van der Waals surface area contributed by atoms with Crippen molar-refractivity contribution in [3.8, 4) is 0 Å². The van der Waals surface area contributed by atoms with Gasteiger partial charge in [0.05, 0.1) is 17.1 Å². The second-order valence-corrected chi connectivity index (χ2v) is 4.76. The summed E-state index contributed by atoms with van der Waals surface area (Å²) >= 11 is 0. The fourth-order valence-electron chi connectivity index (χ4n) is 2.31. The SMILES string of the molecule is Cc1cc(C(N)c2cccc3nccnc23)ccc1F. The van der Waals surface area contributed by atoms with Crippen molar-refractivity contribution in [2.24, 2.45) is 5.73 Å². The maximum absolute atomic E-state index is 13.4. The summed E-state index contributed by atoms with van der Waals surface area (Å²) in [4.78, 5) is 8.62. The van der Waals surface area contributed by atoms with E-state index in [4.69, 9.17) is 5.73 Å². The lowest BCUT2D eigenvalue weighted by molar-refractivity contribution is 0.617. The van der Waals surface area contributed by atoms with Crippen LogP contribution in [0, 0.1) is 12.7 Å². The molecule has 1 aromatic heterocycles. The normalized spacial score (nSPS) is 12.6. The number of aromatic nitrogens is 2. The van der Waals surface area contributed by atoms with E-state index in [1.54, 1.807) is 31.5 Å². The van der Waals surface area contributed by atoms with Crippen LogP contribution < -0.4 is 5.73 Å². The number of halogens is 1. The van der Waals surface area contributed by atoms with Crippen molar-refractivity contribution in [2.75, 3.05) is 0 Å². The van der Waals surface area contributed by atoms with Gasteiger partial charge < -0.3 is 5.73 Å². The van der Waals surface area contributed by atoms with Crippen LogP contribution in [0.5, 0.6) is 0 Å². The molecule has 1 unspecified atom stereocenters. The largest absolute Gasteiger partial charge is 0.320 e. The van der Waals surface area contributed by atoms with Crippen molar-refractivity contribution in [1.82, 2.24) is 9.97 Å². The first-order valence-electron chi connectivity index (χ1n) is 6.38. The Morgan fingerprint density at radius 2 is 1.90 bits per heavy atom. The molecule has 3 nitrogen and oxygen atoms in total. The van der Waals surface area contributed by atoms with Crippen molar-refractivity contribution >= 4 is 11.0 Å². The number of rotatable bonds is 2. The number of para-hydroxylation sites is 1. The van der Waals surface area contributed by atoms with Gasteiger partial charge >= 0.3 is 0 Å². The lowest BCUT2D eigenvalue weighted by Gasteiger charge is -2.15. The smallest absolute Gasteiger partial charge is 0.126 e. The molecule has 3 aromatic rings. The van der Waals surface area contributed by atoms with E-state index in [9.17, 15) is 4.39 Å². The van der Waals surface area contributed by atoms with Crippen LogP contribution in [0.15, 0.2) is 48.8 Å². The molecule has 0 saturated heterocycles. The number of aryl methyl sites for hydroxylation is 1. The lowest BCUT2D eigenvalue weighted by atomic mass is 9.97. The molecule has 20 heavy (non-hydrogen) atoms. The quantitative estimate of drug-likeness (QED) is 0.776. The van der Waals surface area contributed by atoms with Crippen LogP contribution in [0.25, 0.3) is 11.0 Å². The van der Waals surface area contributed by atoms with E-state index < -0.39 is 0 Å². The van der Waals surface area contributed by atoms with E-state index in [0.29, 0.717) is 5.56 Å². The van der Waals surface area contributed by atoms with Crippen molar-refractivity contribution in [1.29, 1.82) is 0 Å². The Balaban J connectivity index is 2.12. The molecule has 0 aliphatic carbocycles. The topological polar surface area (TPSA) is 51.8 Å². The molecular formula is C16H14FN3. The minimum Gasteiger partial charge on any atom is -0.320 e. The molecule has 3 rings (SSSR count). The van der Waals surface area contributed by atoms with Gasteiger partial charge in [-0.25, -0.2) is 4.39 Å². The summed E-state index contributed by atoms with van der Waals surface area (Å²) in [5.41, 5.74) is 10.2. The minimum absolute atomic E-state index is 0.223. The molecule has 0 fully saturated rings. The molecule has 0 aliphatic heterocycles. The zero-order valence-electron chi connectivity index (χ0n) is 11.0. The third-order valence-corrected chi connectivity index (χ3v) is 3.41. The predicted molar refractivity (Wildman–Crippen MR) is 76.7 cm³/mol. The second-order valence-electron chi connectivity index (χ2n) is 4.76. The first-order valence-corrected chi connectivity index (χ1v) is 6.38. The number of benzene rings is 2. The van der Waals surface area contributed by atoms with E-state index in [1.165, 1.54) is 6.07 Å². The number of nitrogens with two attached hydrogens (primary N) is 1. The molecule has 0 aliphatic rings. The van der Waals surface area contributed by atoms with Crippen LogP contribution in [0.2, 0.25) is 0 Å². The van der Waals surface area contributed by atoms with Gasteiger partial charge in [-0.15, -0.1) is 0 Å². The van der Waals surface area contributed by atoms with Crippen LogP contribution in [0.1, 0.15) is 22.7 Å². The molecule has 1 atom stereocenters. The summed E-state index contributed by atoms with van der Waals surface area (Å²) in [6.07, 6.45) is 3.30. The number of nitrogens with zero attached hydrogens (tertiary/aromatic N) is 2. The summed E-state index contributed by atoms with van der Waals surface area (Å²) in [7, 11) is 0. The van der Waals surface area contributed by atoms with Crippen LogP contribution >= 0.6 is 0 Å². The standard InChI is InChI=1S/C16H14FN3/c1-10-9-11(5-6-13(10)17)15(18)12-3-2-4-14-16(12)20-8-7-19-14/h2-9,15H,18H2,1H3. The van der Waals surface area contributed by atoms with Gasteiger partial charge in [0.2, 0.25) is 0 Å². The molecule has 100 valence electrons. The zero-order valence-corrected chi connectivity index (χ0v) is 11.0. The summed E-state index contributed by atoms with van der Waals surface area (Å²) in [6.45, 7) is 1.73. The Morgan fingerprint density at radius 1 is 1.10 bits per heavy atom. The molecule has 0 bridgehead atoms. The van der Waals surface area contributed by atoms with E-state index in [0.717, 1.165) is 22.2 Å². The Hall–Kier alpha value is -2.33. The van der Waals surface area contributed by atoms with E-state index in [1.807, 2.05) is 18.2 Å². The summed E-state index contributed by atoms with van der Waals surface area (Å²) in [5.74, 6) is -0.223. The molecule has 2 N–H and O–H groups in total. The second kappa shape index (κ2) is 4.98. The highest BCUT2D eigenvalue weighted by atomic mass is 19.1. The molecular weight excluding hydrogens is 253 g/mol. The summed E-state index contributed by atoms with van der Waals surface area (Å²) in [6, 6.07) is 10.3. The van der Waals surface area contributed by atoms with Crippen molar-refractivity contribution < 1.29 is 4.39 Å².